The molecule has 0 saturated heterocycles. The van der Waals surface area contributed by atoms with Gasteiger partial charge < -0.3 is 4.74 Å². The van der Waals surface area contributed by atoms with Crippen LogP contribution in [0.4, 0.5) is 4.39 Å². The maximum absolute atomic E-state index is 13.9. The fourth-order valence-corrected chi connectivity index (χ4v) is 3.20. The van der Waals surface area contributed by atoms with Gasteiger partial charge in [0.25, 0.3) is 0 Å². The first kappa shape index (κ1) is 14.6. The summed E-state index contributed by atoms with van der Waals surface area (Å²) in [5.74, 6) is 1.15. The van der Waals surface area contributed by atoms with Crippen LogP contribution in [0.15, 0.2) is 42.5 Å². The van der Waals surface area contributed by atoms with Crippen molar-refractivity contribution in [2.24, 2.45) is 0 Å². The minimum Gasteiger partial charge on any atom is -0.496 e. The van der Waals surface area contributed by atoms with Crippen molar-refractivity contribution in [1.29, 1.82) is 0 Å². The molecule has 2 heterocycles. The van der Waals surface area contributed by atoms with Crippen LogP contribution in [-0.2, 0) is 0 Å². The van der Waals surface area contributed by atoms with Gasteiger partial charge in [-0.2, -0.15) is 0 Å². The molecule has 4 rings (SSSR count). The lowest BCUT2D eigenvalue weighted by molar-refractivity contribution is 0.416. The molecule has 0 atom stereocenters. The number of imidazole rings is 1. The van der Waals surface area contributed by atoms with Crippen LogP contribution >= 0.6 is 0 Å². The van der Waals surface area contributed by atoms with Crippen molar-refractivity contribution in [1.82, 2.24) is 14.4 Å². The van der Waals surface area contributed by atoms with E-state index in [4.69, 9.17) is 9.72 Å². The fraction of sp³-hybridized carbons (Fsp3) is 0.158. The van der Waals surface area contributed by atoms with Crippen LogP contribution in [0.1, 0.15) is 11.4 Å². The van der Waals surface area contributed by atoms with E-state index in [0.717, 1.165) is 39.6 Å². The monoisotopic (exact) mass is 321 g/mol. The van der Waals surface area contributed by atoms with Crippen LogP contribution in [-0.4, -0.2) is 21.5 Å². The molecule has 0 amide bonds. The highest BCUT2D eigenvalue weighted by Crippen LogP contribution is 2.33. The normalized spacial score (nSPS) is 11.3. The number of aromatic nitrogens is 3. The van der Waals surface area contributed by atoms with Gasteiger partial charge in [0.15, 0.2) is 0 Å². The Labute approximate surface area is 138 Å². The Balaban J connectivity index is 2.21. The molecule has 0 radical (unpaired) electrons. The number of fused-ring (bicyclic) bond motifs is 3. The van der Waals surface area contributed by atoms with Gasteiger partial charge in [-0.05, 0) is 38.1 Å². The summed E-state index contributed by atoms with van der Waals surface area (Å²) in [4.78, 5) is 9.33. The Bertz CT molecular complexity index is 1090. The first-order valence-electron chi connectivity index (χ1n) is 7.68. The van der Waals surface area contributed by atoms with Crippen LogP contribution in [0.3, 0.4) is 0 Å². The molecule has 2 aromatic heterocycles. The van der Waals surface area contributed by atoms with Gasteiger partial charge in [-0.1, -0.05) is 12.1 Å². The molecule has 2 aromatic carbocycles. The summed E-state index contributed by atoms with van der Waals surface area (Å²) in [6, 6.07) is 12.3. The van der Waals surface area contributed by atoms with Crippen molar-refractivity contribution in [3.63, 3.8) is 0 Å². The fourth-order valence-electron chi connectivity index (χ4n) is 3.20. The Hall–Kier alpha value is -2.95. The standard InChI is InChI=1S/C19H16FN3O/c1-11-18-12(2)22-19(14-6-4-5-7-17(14)24-3)23(18)16-10-13(20)8-9-15(16)21-11/h4-10H,1-3H3. The number of hydrogen-bond donors (Lipinski definition) is 0. The average molecular weight is 321 g/mol. The molecule has 0 aliphatic heterocycles. The lowest BCUT2D eigenvalue weighted by atomic mass is 10.2. The third-order valence-corrected chi connectivity index (χ3v) is 4.21. The van der Waals surface area contributed by atoms with Crippen molar-refractivity contribution in [3.05, 3.63) is 59.7 Å². The zero-order chi connectivity index (χ0) is 16.8. The maximum atomic E-state index is 13.9. The van der Waals surface area contributed by atoms with Crippen molar-refractivity contribution in [2.75, 3.05) is 7.11 Å². The zero-order valence-corrected chi connectivity index (χ0v) is 13.7. The quantitative estimate of drug-likeness (QED) is 0.552. The maximum Gasteiger partial charge on any atom is 0.149 e. The van der Waals surface area contributed by atoms with Gasteiger partial charge in [0, 0.05) is 6.07 Å². The second-order valence-electron chi connectivity index (χ2n) is 5.74. The molecule has 0 N–H and O–H groups in total. The zero-order valence-electron chi connectivity index (χ0n) is 13.7. The predicted octanol–water partition coefficient (Wildman–Crippen LogP) is 4.31. The smallest absolute Gasteiger partial charge is 0.149 e. The van der Waals surface area contributed by atoms with E-state index in [1.165, 1.54) is 12.1 Å². The molecule has 5 heteroatoms. The molecular formula is C19H16FN3O. The molecule has 0 bridgehead atoms. The Kier molecular flexibility index (Phi) is 3.23. The van der Waals surface area contributed by atoms with E-state index < -0.39 is 0 Å². The number of halogens is 1. The average Bonchev–Trinajstić information content (AvgIpc) is 2.94. The summed E-state index contributed by atoms with van der Waals surface area (Å²) < 4.78 is 21.3. The first-order valence-corrected chi connectivity index (χ1v) is 7.68. The molecule has 4 aromatic rings. The highest BCUT2D eigenvalue weighted by molar-refractivity contribution is 5.84. The van der Waals surface area contributed by atoms with E-state index in [2.05, 4.69) is 4.98 Å². The molecule has 0 saturated carbocycles. The number of methoxy groups -OCH3 is 1. The van der Waals surface area contributed by atoms with Crippen LogP contribution < -0.4 is 4.74 Å². The Morgan fingerprint density at radius 1 is 1.00 bits per heavy atom. The number of ether oxygens (including phenoxy) is 1. The summed E-state index contributed by atoms with van der Waals surface area (Å²) in [7, 11) is 1.63. The van der Waals surface area contributed by atoms with E-state index in [0.29, 0.717) is 5.52 Å². The third-order valence-electron chi connectivity index (χ3n) is 4.21. The lowest BCUT2D eigenvalue weighted by Crippen LogP contribution is -1.99. The molecule has 0 fully saturated rings. The molecular weight excluding hydrogens is 305 g/mol. The van der Waals surface area contributed by atoms with Gasteiger partial charge in [0.05, 0.1) is 40.6 Å². The molecule has 24 heavy (non-hydrogen) atoms. The highest BCUT2D eigenvalue weighted by Gasteiger charge is 2.18. The van der Waals surface area contributed by atoms with E-state index in [9.17, 15) is 4.39 Å². The number of para-hydroxylation sites is 1. The topological polar surface area (TPSA) is 39.4 Å². The van der Waals surface area contributed by atoms with Gasteiger partial charge in [0.2, 0.25) is 0 Å². The van der Waals surface area contributed by atoms with Gasteiger partial charge in [-0.15, -0.1) is 0 Å². The summed E-state index contributed by atoms with van der Waals surface area (Å²) >= 11 is 0. The van der Waals surface area contributed by atoms with Crippen LogP contribution in [0.2, 0.25) is 0 Å². The third kappa shape index (κ3) is 2.05. The van der Waals surface area contributed by atoms with Crippen molar-refractivity contribution < 1.29 is 9.13 Å². The molecule has 0 unspecified atom stereocenters. The second kappa shape index (κ2) is 5.30. The minimum atomic E-state index is -0.299. The summed E-state index contributed by atoms with van der Waals surface area (Å²) in [5.41, 5.74) is 4.90. The molecule has 0 spiro atoms. The number of nitrogens with zero attached hydrogens (tertiary/aromatic N) is 3. The second-order valence-corrected chi connectivity index (χ2v) is 5.74. The van der Waals surface area contributed by atoms with E-state index in [1.807, 2.05) is 42.5 Å². The lowest BCUT2D eigenvalue weighted by Gasteiger charge is -2.10. The van der Waals surface area contributed by atoms with Crippen molar-refractivity contribution in [2.45, 2.75) is 13.8 Å². The predicted molar refractivity (Wildman–Crippen MR) is 91.9 cm³/mol. The molecule has 4 nitrogen and oxygen atoms in total. The van der Waals surface area contributed by atoms with E-state index >= 15 is 0 Å². The largest absolute Gasteiger partial charge is 0.496 e. The van der Waals surface area contributed by atoms with Crippen LogP contribution in [0, 0.1) is 19.7 Å². The van der Waals surface area contributed by atoms with E-state index in [1.54, 1.807) is 13.2 Å². The van der Waals surface area contributed by atoms with Gasteiger partial charge in [-0.25, -0.2) is 14.4 Å². The summed E-state index contributed by atoms with van der Waals surface area (Å²) in [6.07, 6.45) is 0. The van der Waals surface area contributed by atoms with Crippen molar-refractivity contribution in [3.8, 4) is 17.1 Å². The highest BCUT2D eigenvalue weighted by atomic mass is 19.1. The molecule has 120 valence electrons. The first-order chi connectivity index (χ1) is 11.6. The van der Waals surface area contributed by atoms with Gasteiger partial charge in [0.1, 0.15) is 17.4 Å². The Morgan fingerprint density at radius 2 is 1.75 bits per heavy atom. The van der Waals surface area contributed by atoms with Gasteiger partial charge >= 0.3 is 0 Å². The number of aryl methyl sites for hydroxylation is 2. The molecule has 0 aliphatic rings. The minimum absolute atomic E-state index is 0.299. The van der Waals surface area contributed by atoms with E-state index in [-0.39, 0.29) is 5.82 Å². The number of rotatable bonds is 2. The van der Waals surface area contributed by atoms with Crippen LogP contribution in [0.25, 0.3) is 27.9 Å². The summed E-state index contributed by atoms with van der Waals surface area (Å²) in [6.45, 7) is 3.88. The summed E-state index contributed by atoms with van der Waals surface area (Å²) in [5, 5.41) is 0. The number of hydrogen-bond acceptors (Lipinski definition) is 3. The van der Waals surface area contributed by atoms with Crippen molar-refractivity contribution >= 4 is 16.6 Å². The molecule has 0 aliphatic carbocycles. The van der Waals surface area contributed by atoms with Crippen LogP contribution in [0.5, 0.6) is 5.75 Å². The SMILES string of the molecule is COc1ccccc1-c1nc(C)c2c(C)nc3ccc(F)cc3n12. The Morgan fingerprint density at radius 3 is 2.54 bits per heavy atom. The number of benzene rings is 2. The van der Waals surface area contributed by atoms with Gasteiger partial charge in [-0.3, -0.25) is 4.40 Å².